The van der Waals surface area contributed by atoms with E-state index in [0.29, 0.717) is 0 Å². The summed E-state index contributed by atoms with van der Waals surface area (Å²) < 4.78 is 10.6. The fourth-order valence-electron chi connectivity index (χ4n) is 3.09. The van der Waals surface area contributed by atoms with Gasteiger partial charge in [0.15, 0.2) is 0 Å². The Kier molecular flexibility index (Phi) is 4.30. The molecule has 1 amide bonds. The number of carbonyl (C=O) groups is 2. The van der Waals surface area contributed by atoms with E-state index in [2.05, 4.69) is 17.5 Å². The molecule has 0 aromatic rings. The van der Waals surface area contributed by atoms with Crippen LogP contribution in [0.25, 0.3) is 0 Å². The molecule has 0 unspecified atom stereocenters. The van der Waals surface area contributed by atoms with Gasteiger partial charge in [0.25, 0.3) is 0 Å². The second kappa shape index (κ2) is 5.70. The summed E-state index contributed by atoms with van der Waals surface area (Å²) in [5, 5.41) is 2.86. The van der Waals surface area contributed by atoms with Gasteiger partial charge in [-0.3, -0.25) is 4.79 Å². The van der Waals surface area contributed by atoms with Crippen LogP contribution in [-0.4, -0.2) is 29.8 Å². The van der Waals surface area contributed by atoms with E-state index >= 15 is 0 Å². The van der Waals surface area contributed by atoms with E-state index in [1.165, 1.54) is 0 Å². The third-order valence-electron chi connectivity index (χ3n) is 3.77. The van der Waals surface area contributed by atoms with Crippen LogP contribution in [-0.2, 0) is 14.3 Å². The van der Waals surface area contributed by atoms with Crippen LogP contribution in [0.4, 0.5) is 4.79 Å². The Labute approximate surface area is 126 Å². The predicted molar refractivity (Wildman–Crippen MR) is 78.6 cm³/mol. The first-order chi connectivity index (χ1) is 9.67. The molecule has 0 saturated heterocycles. The van der Waals surface area contributed by atoms with Gasteiger partial charge in [0.05, 0.1) is 18.1 Å². The highest BCUT2D eigenvalue weighted by Gasteiger charge is 2.50. The van der Waals surface area contributed by atoms with E-state index in [0.717, 1.165) is 6.42 Å². The minimum Gasteiger partial charge on any atom is -0.463 e. The van der Waals surface area contributed by atoms with Crippen LogP contribution in [0.5, 0.6) is 0 Å². The first-order valence-electron chi connectivity index (χ1n) is 7.55. The summed E-state index contributed by atoms with van der Waals surface area (Å²) in [6.45, 7) is 9.11. The molecule has 2 aliphatic rings. The zero-order chi connectivity index (χ0) is 15.8. The minimum atomic E-state index is -0.550. The number of alkyl carbamates (subject to hydrolysis) is 1. The number of ether oxygens (including phenoxy) is 2. The molecule has 0 aliphatic heterocycles. The maximum atomic E-state index is 12.3. The fourth-order valence-corrected chi connectivity index (χ4v) is 3.09. The second-order valence-electron chi connectivity index (χ2n) is 7.13. The van der Waals surface area contributed by atoms with Crippen LogP contribution < -0.4 is 5.32 Å². The van der Waals surface area contributed by atoms with E-state index in [-0.39, 0.29) is 35.9 Å². The Hall–Kier alpha value is -1.52. The van der Waals surface area contributed by atoms with Gasteiger partial charge in [-0.25, -0.2) is 4.79 Å². The van der Waals surface area contributed by atoms with Crippen LogP contribution in [0.3, 0.4) is 0 Å². The number of hydrogen-bond donors (Lipinski definition) is 1. The number of allylic oxidation sites excluding steroid dienone is 1. The molecule has 0 spiro atoms. The van der Waals surface area contributed by atoms with Crippen LogP contribution >= 0.6 is 0 Å². The maximum absolute atomic E-state index is 12.3. The number of amides is 1. The molecular formula is C16H25NO4. The first-order valence-corrected chi connectivity index (χ1v) is 7.55. The predicted octanol–water partition coefficient (Wildman–Crippen LogP) is 2.65. The molecule has 0 heterocycles. The number of carbonyl (C=O) groups excluding carboxylic acids is 2. The fraction of sp³-hybridized carbons (Fsp3) is 0.750. The summed E-state index contributed by atoms with van der Waals surface area (Å²) in [6.07, 6.45) is 4.40. The van der Waals surface area contributed by atoms with Crippen molar-refractivity contribution in [2.45, 2.75) is 58.8 Å². The molecule has 5 heteroatoms. The molecule has 2 bridgehead atoms. The summed E-state index contributed by atoms with van der Waals surface area (Å²) in [4.78, 5) is 24.2. The van der Waals surface area contributed by atoms with Crippen LogP contribution in [0.1, 0.15) is 41.0 Å². The summed E-state index contributed by atoms with van der Waals surface area (Å²) in [7, 11) is 0. The lowest BCUT2D eigenvalue weighted by molar-refractivity contribution is -0.154. The number of fused-ring (bicyclic) bond motifs is 2. The highest BCUT2D eigenvalue weighted by molar-refractivity contribution is 5.77. The zero-order valence-electron chi connectivity index (χ0n) is 13.4. The summed E-state index contributed by atoms with van der Waals surface area (Å²) in [6, 6.07) is -0.235. The quantitative estimate of drug-likeness (QED) is 0.642. The minimum absolute atomic E-state index is 0.150. The lowest BCUT2D eigenvalue weighted by Crippen LogP contribution is -2.48. The van der Waals surface area contributed by atoms with E-state index in [1.807, 2.05) is 34.6 Å². The molecule has 21 heavy (non-hydrogen) atoms. The van der Waals surface area contributed by atoms with Gasteiger partial charge in [-0.15, -0.1) is 0 Å². The molecule has 5 nitrogen and oxygen atoms in total. The summed E-state index contributed by atoms with van der Waals surface area (Å²) in [5.74, 6) is -0.203. The molecule has 2 aliphatic carbocycles. The van der Waals surface area contributed by atoms with Crippen molar-refractivity contribution in [3.8, 4) is 0 Å². The van der Waals surface area contributed by atoms with Crippen molar-refractivity contribution in [3.05, 3.63) is 12.2 Å². The molecule has 0 aromatic heterocycles. The van der Waals surface area contributed by atoms with Gasteiger partial charge in [-0.2, -0.15) is 0 Å². The lowest BCUT2D eigenvalue weighted by atomic mass is 9.89. The Morgan fingerprint density at radius 2 is 1.81 bits per heavy atom. The van der Waals surface area contributed by atoms with Crippen molar-refractivity contribution in [2.75, 3.05) is 0 Å². The van der Waals surface area contributed by atoms with Crippen molar-refractivity contribution < 1.29 is 19.1 Å². The van der Waals surface area contributed by atoms with E-state index in [9.17, 15) is 9.59 Å². The normalized spacial score (nSPS) is 30.6. The largest absolute Gasteiger partial charge is 0.463 e. The highest BCUT2D eigenvalue weighted by atomic mass is 16.6. The van der Waals surface area contributed by atoms with Gasteiger partial charge in [-0.05, 0) is 52.9 Å². The van der Waals surface area contributed by atoms with Gasteiger partial charge in [0.1, 0.15) is 5.60 Å². The van der Waals surface area contributed by atoms with Crippen LogP contribution in [0, 0.1) is 17.8 Å². The van der Waals surface area contributed by atoms with Gasteiger partial charge < -0.3 is 14.8 Å². The number of nitrogens with one attached hydrogen (secondary N) is 1. The van der Waals surface area contributed by atoms with Crippen LogP contribution in [0.15, 0.2) is 12.2 Å². The Bertz CT molecular complexity index is 450. The lowest BCUT2D eigenvalue weighted by Gasteiger charge is -2.29. The zero-order valence-corrected chi connectivity index (χ0v) is 13.4. The maximum Gasteiger partial charge on any atom is 0.407 e. The van der Waals surface area contributed by atoms with Gasteiger partial charge in [0, 0.05) is 0 Å². The Morgan fingerprint density at radius 3 is 2.38 bits per heavy atom. The van der Waals surface area contributed by atoms with E-state index < -0.39 is 11.7 Å². The van der Waals surface area contributed by atoms with Crippen molar-refractivity contribution in [1.82, 2.24) is 5.32 Å². The van der Waals surface area contributed by atoms with Crippen LogP contribution in [0.2, 0.25) is 0 Å². The number of hydrogen-bond acceptors (Lipinski definition) is 4. The standard InChI is InChI=1S/C16H25NO4/c1-9(2)20-14(18)12-10-6-7-11(8-10)13(12)17-15(19)21-16(3,4)5/h6-7,9-13H,8H2,1-5H3,(H,17,19)/t10-,11+,12+,13+/m1/s1. The average Bonchev–Trinajstić information content (AvgIpc) is 2.85. The molecule has 1 N–H and O–H groups in total. The summed E-state index contributed by atoms with van der Waals surface area (Å²) in [5.41, 5.74) is -0.550. The topological polar surface area (TPSA) is 64.6 Å². The van der Waals surface area contributed by atoms with Crippen molar-refractivity contribution in [1.29, 1.82) is 0 Å². The van der Waals surface area contributed by atoms with E-state index in [4.69, 9.17) is 9.47 Å². The SMILES string of the molecule is CC(C)OC(=O)[C@@H]1[C@@H](NC(=O)OC(C)(C)C)[C@H]2C=C[C@@H]1C2. The van der Waals surface area contributed by atoms with Gasteiger partial charge in [0.2, 0.25) is 0 Å². The molecular weight excluding hydrogens is 270 g/mol. The third-order valence-corrected chi connectivity index (χ3v) is 3.77. The van der Waals surface area contributed by atoms with Crippen molar-refractivity contribution >= 4 is 12.1 Å². The molecule has 2 rings (SSSR count). The highest BCUT2D eigenvalue weighted by Crippen LogP contribution is 2.44. The monoisotopic (exact) mass is 295 g/mol. The molecule has 118 valence electrons. The first kappa shape index (κ1) is 15.9. The second-order valence-corrected chi connectivity index (χ2v) is 7.13. The smallest absolute Gasteiger partial charge is 0.407 e. The van der Waals surface area contributed by atoms with Gasteiger partial charge in [-0.1, -0.05) is 12.2 Å². The Balaban J connectivity index is 2.04. The molecule has 0 radical (unpaired) electrons. The number of rotatable bonds is 3. The Morgan fingerprint density at radius 1 is 1.19 bits per heavy atom. The number of esters is 1. The molecule has 1 fully saturated rings. The molecule has 1 saturated carbocycles. The summed E-state index contributed by atoms with van der Waals surface area (Å²) >= 11 is 0. The van der Waals surface area contributed by atoms with Crippen molar-refractivity contribution in [2.24, 2.45) is 17.8 Å². The van der Waals surface area contributed by atoms with Gasteiger partial charge >= 0.3 is 12.1 Å². The molecule has 4 atom stereocenters. The average molecular weight is 295 g/mol. The van der Waals surface area contributed by atoms with E-state index in [1.54, 1.807) is 0 Å². The van der Waals surface area contributed by atoms with Crippen molar-refractivity contribution in [3.63, 3.8) is 0 Å². The molecule has 0 aromatic carbocycles. The third kappa shape index (κ3) is 3.77.